The Hall–Kier alpha value is -2.24. The minimum absolute atomic E-state index is 0.0319. The lowest BCUT2D eigenvalue weighted by atomic mass is 9.85. The van der Waals surface area contributed by atoms with Gasteiger partial charge in [-0.05, 0) is 13.3 Å². The van der Waals surface area contributed by atoms with Crippen molar-refractivity contribution in [2.24, 2.45) is 11.8 Å². The maximum absolute atomic E-state index is 11.8. The molecule has 0 radical (unpaired) electrons. The standard InChI is InChI=1S/C13H14N2O4/c1-6-3-10(16)8(12(18)14-6)5-9-11(17)4-7(2)15-13(9)19/h3-4,8-9H,5H2,1-2H3,(H,14,18)(H,15,19)/p+1/t8-,9-/m0/s1. The van der Waals surface area contributed by atoms with Gasteiger partial charge >= 0.3 is 5.90 Å². The van der Waals surface area contributed by atoms with E-state index >= 15 is 0 Å². The topological polar surface area (TPSA) is 97.4 Å². The third-order valence-electron chi connectivity index (χ3n) is 3.17. The number of allylic oxidation sites excluding steroid dienone is 4. The van der Waals surface area contributed by atoms with Crippen LogP contribution in [0, 0.1) is 11.8 Å². The lowest BCUT2D eigenvalue weighted by molar-refractivity contribution is -0.412. The van der Waals surface area contributed by atoms with Gasteiger partial charge in [0.1, 0.15) is 11.8 Å². The molecule has 0 saturated heterocycles. The van der Waals surface area contributed by atoms with Crippen molar-refractivity contribution in [1.82, 2.24) is 5.32 Å². The molecular formula is C13H15N2O4+. The highest BCUT2D eigenvalue weighted by Crippen LogP contribution is 2.20. The maximum atomic E-state index is 11.8. The van der Waals surface area contributed by atoms with E-state index in [-0.39, 0.29) is 23.9 Å². The second kappa shape index (κ2) is 4.79. The first-order valence-corrected chi connectivity index (χ1v) is 5.96. The van der Waals surface area contributed by atoms with Crippen LogP contribution >= 0.6 is 0 Å². The van der Waals surface area contributed by atoms with Gasteiger partial charge in [0.25, 0.3) is 0 Å². The van der Waals surface area contributed by atoms with Gasteiger partial charge in [-0.25, -0.2) is 0 Å². The van der Waals surface area contributed by atoms with Gasteiger partial charge in [-0.1, -0.05) is 0 Å². The molecule has 2 rings (SSSR count). The predicted molar refractivity (Wildman–Crippen MR) is 65.9 cm³/mol. The molecule has 0 aromatic carbocycles. The van der Waals surface area contributed by atoms with Gasteiger partial charge in [-0.2, -0.15) is 4.99 Å². The van der Waals surface area contributed by atoms with Crippen LogP contribution in [0.15, 0.2) is 23.5 Å². The molecule has 0 spiro atoms. The van der Waals surface area contributed by atoms with Crippen LogP contribution < -0.4 is 10.3 Å². The number of carbonyl (C=O) groups excluding carboxylic acids is 3. The lowest BCUT2D eigenvalue weighted by Gasteiger charge is -2.21. The first-order chi connectivity index (χ1) is 8.88. The van der Waals surface area contributed by atoms with Crippen LogP contribution in [-0.2, 0) is 14.4 Å². The van der Waals surface area contributed by atoms with Crippen LogP contribution in [0.25, 0.3) is 0 Å². The second-order valence-electron chi connectivity index (χ2n) is 4.80. The van der Waals surface area contributed by atoms with Crippen molar-refractivity contribution < 1.29 is 24.5 Å². The Balaban J connectivity index is 2.19. The number of ketones is 2. The third kappa shape index (κ3) is 2.62. The van der Waals surface area contributed by atoms with E-state index in [9.17, 15) is 19.5 Å². The summed E-state index contributed by atoms with van der Waals surface area (Å²) in [5.74, 6) is -3.09. The minimum atomic E-state index is -0.937. The van der Waals surface area contributed by atoms with Crippen LogP contribution in [0.4, 0.5) is 0 Å². The molecule has 2 aliphatic heterocycles. The number of hydrogen-bond donors (Lipinski definition) is 3. The Bertz CT molecular complexity index is 557. The van der Waals surface area contributed by atoms with E-state index in [1.165, 1.54) is 12.2 Å². The molecule has 2 heterocycles. The van der Waals surface area contributed by atoms with E-state index in [2.05, 4.69) is 10.3 Å². The normalized spacial score (nSPS) is 27.5. The van der Waals surface area contributed by atoms with E-state index in [0.717, 1.165) is 0 Å². The molecule has 0 unspecified atom stereocenters. The van der Waals surface area contributed by atoms with Crippen molar-refractivity contribution in [2.45, 2.75) is 20.3 Å². The molecule has 0 aromatic heterocycles. The summed E-state index contributed by atoms with van der Waals surface area (Å²) in [5, 5.41) is 12.3. The summed E-state index contributed by atoms with van der Waals surface area (Å²) in [6.45, 7) is 3.27. The molecule has 0 aliphatic carbocycles. The van der Waals surface area contributed by atoms with E-state index < -0.39 is 17.7 Å². The smallest absolute Gasteiger partial charge is 0.348 e. The molecule has 2 atom stereocenters. The fraction of sp³-hybridized carbons (Fsp3) is 0.385. The SMILES string of the molecule is CC1=CC(=O)[C@H](C[C@H]2C(=O)C=C(C)[NH+]=C2O)C(=O)N1. The Morgan fingerprint density at radius 2 is 1.79 bits per heavy atom. The lowest BCUT2D eigenvalue weighted by Crippen LogP contribution is -2.74. The number of rotatable bonds is 2. The summed E-state index contributed by atoms with van der Waals surface area (Å²) in [4.78, 5) is 38.0. The molecule has 0 bridgehead atoms. The molecule has 0 saturated carbocycles. The number of hydrogen-bond acceptors (Lipinski definition) is 3. The average molecular weight is 263 g/mol. The van der Waals surface area contributed by atoms with Crippen LogP contribution in [-0.4, -0.2) is 28.5 Å². The fourth-order valence-electron chi connectivity index (χ4n) is 2.22. The Labute approximate surface area is 109 Å². The molecule has 2 aliphatic rings. The third-order valence-corrected chi connectivity index (χ3v) is 3.17. The van der Waals surface area contributed by atoms with Gasteiger partial charge in [0, 0.05) is 24.8 Å². The van der Waals surface area contributed by atoms with Gasteiger partial charge in [0.05, 0.1) is 0 Å². The summed E-state index contributed by atoms with van der Waals surface area (Å²) >= 11 is 0. The number of carbonyl (C=O) groups is 3. The van der Waals surface area contributed by atoms with Gasteiger partial charge < -0.3 is 10.4 Å². The number of amides is 1. The molecule has 1 amide bonds. The molecule has 0 aromatic rings. The summed E-state index contributed by atoms with van der Waals surface area (Å²) in [7, 11) is 0. The van der Waals surface area contributed by atoms with Gasteiger partial charge in [-0.15, -0.1) is 0 Å². The van der Waals surface area contributed by atoms with E-state index in [0.29, 0.717) is 11.4 Å². The predicted octanol–water partition coefficient (Wildman–Crippen LogP) is -1.26. The molecular weight excluding hydrogens is 248 g/mol. The van der Waals surface area contributed by atoms with E-state index in [1.54, 1.807) is 13.8 Å². The second-order valence-corrected chi connectivity index (χ2v) is 4.80. The Morgan fingerprint density at radius 3 is 2.37 bits per heavy atom. The highest BCUT2D eigenvalue weighted by Gasteiger charge is 2.39. The highest BCUT2D eigenvalue weighted by atomic mass is 16.3. The van der Waals surface area contributed by atoms with Crippen molar-refractivity contribution in [2.75, 3.05) is 0 Å². The molecule has 100 valence electrons. The van der Waals surface area contributed by atoms with Crippen molar-refractivity contribution in [3.05, 3.63) is 23.5 Å². The van der Waals surface area contributed by atoms with Crippen LogP contribution in [0.2, 0.25) is 0 Å². The average Bonchev–Trinajstić information content (AvgIpc) is 2.25. The minimum Gasteiger partial charge on any atom is -0.463 e. The number of aliphatic hydroxyl groups excluding tert-OH is 1. The van der Waals surface area contributed by atoms with Gasteiger partial charge in [0.15, 0.2) is 17.3 Å². The first kappa shape index (κ1) is 13.2. The van der Waals surface area contributed by atoms with Crippen molar-refractivity contribution in [3.63, 3.8) is 0 Å². The zero-order valence-electron chi connectivity index (χ0n) is 10.7. The zero-order chi connectivity index (χ0) is 14.2. The molecule has 19 heavy (non-hydrogen) atoms. The van der Waals surface area contributed by atoms with Gasteiger partial charge in [0.2, 0.25) is 5.91 Å². The van der Waals surface area contributed by atoms with Crippen molar-refractivity contribution in [3.8, 4) is 0 Å². The van der Waals surface area contributed by atoms with Crippen LogP contribution in [0.1, 0.15) is 20.3 Å². The van der Waals surface area contributed by atoms with Crippen molar-refractivity contribution >= 4 is 23.4 Å². The van der Waals surface area contributed by atoms with Gasteiger partial charge in [-0.3, -0.25) is 14.4 Å². The molecule has 6 nitrogen and oxygen atoms in total. The van der Waals surface area contributed by atoms with Crippen LogP contribution in [0.5, 0.6) is 0 Å². The first-order valence-electron chi connectivity index (χ1n) is 5.96. The molecule has 6 heteroatoms. The highest BCUT2D eigenvalue weighted by molar-refractivity contribution is 6.12. The van der Waals surface area contributed by atoms with E-state index in [1.807, 2.05) is 0 Å². The number of aliphatic hydroxyl groups is 1. The zero-order valence-corrected chi connectivity index (χ0v) is 10.7. The molecule has 0 fully saturated rings. The molecule has 3 N–H and O–H groups in total. The summed E-state index contributed by atoms with van der Waals surface area (Å²) in [6, 6.07) is 0. The Morgan fingerprint density at radius 1 is 1.16 bits per heavy atom. The van der Waals surface area contributed by atoms with E-state index in [4.69, 9.17) is 0 Å². The summed E-state index contributed by atoms with van der Waals surface area (Å²) in [6.07, 6.45) is 2.66. The fourth-order valence-corrected chi connectivity index (χ4v) is 2.22. The number of nitrogens with one attached hydrogen (secondary N) is 2. The maximum Gasteiger partial charge on any atom is 0.348 e. The largest absolute Gasteiger partial charge is 0.463 e. The monoisotopic (exact) mass is 263 g/mol. The quantitative estimate of drug-likeness (QED) is 0.541. The van der Waals surface area contributed by atoms with Crippen LogP contribution in [0.3, 0.4) is 0 Å². The summed E-state index contributed by atoms with van der Waals surface area (Å²) < 4.78 is 0. The van der Waals surface area contributed by atoms with Crippen molar-refractivity contribution in [1.29, 1.82) is 0 Å². The summed E-state index contributed by atoms with van der Waals surface area (Å²) in [5.41, 5.74) is 1.03. The Kier molecular flexibility index (Phi) is 3.33.